The lowest BCUT2D eigenvalue weighted by atomic mass is 9.88. The molecule has 4 N–H and O–H groups in total. The van der Waals surface area contributed by atoms with Crippen molar-refractivity contribution in [1.82, 2.24) is 29.4 Å². The molecule has 3 amide bonds. The third kappa shape index (κ3) is 8.35. The molecule has 0 aliphatic carbocycles. The number of hydrogen-bond acceptors (Lipinski definition) is 9. The lowest BCUT2D eigenvalue weighted by molar-refractivity contribution is -0.136. The number of anilines is 1. The van der Waals surface area contributed by atoms with Crippen molar-refractivity contribution in [3.8, 4) is 11.1 Å². The van der Waals surface area contributed by atoms with E-state index in [2.05, 4.69) is 20.2 Å². The molecule has 63 heavy (non-hydrogen) atoms. The van der Waals surface area contributed by atoms with E-state index >= 15 is 8.78 Å². The van der Waals surface area contributed by atoms with Crippen molar-refractivity contribution >= 4 is 50.4 Å². The molecule has 4 aliphatic rings. The van der Waals surface area contributed by atoms with E-state index in [1.165, 1.54) is 11.1 Å². The van der Waals surface area contributed by atoms with Gasteiger partial charge >= 0.3 is 10.2 Å². The molecule has 5 aromatic rings. The topological polar surface area (TPSA) is 185 Å². The number of piperidine rings is 2. The fraction of sp³-hybridized carbons (Fsp3) is 0.356. The summed E-state index contributed by atoms with van der Waals surface area (Å²) in [5.41, 5.74) is 3.61. The van der Waals surface area contributed by atoms with Crippen LogP contribution < -0.4 is 10.0 Å². The first-order valence-electron chi connectivity index (χ1n) is 20.9. The fourth-order valence-corrected chi connectivity index (χ4v) is 10.4. The van der Waals surface area contributed by atoms with Crippen LogP contribution in [-0.4, -0.2) is 106 Å². The van der Waals surface area contributed by atoms with Crippen LogP contribution in [0.4, 0.5) is 18.9 Å². The molecule has 3 atom stereocenters. The van der Waals surface area contributed by atoms with Crippen molar-refractivity contribution in [2.75, 3.05) is 30.9 Å². The van der Waals surface area contributed by atoms with Crippen molar-refractivity contribution in [2.24, 2.45) is 0 Å². The van der Waals surface area contributed by atoms with Gasteiger partial charge < -0.3 is 15.0 Å². The number of imide groups is 1. The number of amides is 3. The van der Waals surface area contributed by atoms with Crippen molar-refractivity contribution < 1.29 is 45.9 Å². The summed E-state index contributed by atoms with van der Waals surface area (Å²) in [6, 6.07) is 16.3. The van der Waals surface area contributed by atoms with E-state index < -0.39 is 69.8 Å². The number of ketones is 1. The molecule has 328 valence electrons. The number of pyridine rings is 1. The van der Waals surface area contributed by atoms with Gasteiger partial charge in [-0.2, -0.15) is 12.7 Å². The van der Waals surface area contributed by atoms with Gasteiger partial charge in [0, 0.05) is 73.6 Å². The molecule has 14 nitrogen and oxygen atoms in total. The Morgan fingerprint density at radius 2 is 1.73 bits per heavy atom. The summed E-state index contributed by atoms with van der Waals surface area (Å²) in [5, 5.41) is 13.8. The Hall–Kier alpha value is -5.95. The summed E-state index contributed by atoms with van der Waals surface area (Å²) >= 11 is 0. The number of aliphatic hydroxyl groups is 1. The van der Waals surface area contributed by atoms with Crippen molar-refractivity contribution in [2.45, 2.75) is 75.8 Å². The van der Waals surface area contributed by atoms with Gasteiger partial charge in [0.1, 0.15) is 29.9 Å². The molecule has 3 aromatic carbocycles. The Balaban J connectivity index is 0.810. The average molecular weight is 884 g/mol. The molecule has 18 heteroatoms. The van der Waals surface area contributed by atoms with Crippen LogP contribution in [0.2, 0.25) is 0 Å². The van der Waals surface area contributed by atoms with Crippen molar-refractivity contribution in [1.29, 1.82) is 0 Å². The average Bonchev–Trinajstić information content (AvgIpc) is 4.00. The van der Waals surface area contributed by atoms with Crippen LogP contribution in [0.3, 0.4) is 0 Å². The molecule has 0 spiro atoms. The number of H-pyrrole nitrogens is 1. The van der Waals surface area contributed by atoms with E-state index in [9.17, 15) is 37.1 Å². The predicted octanol–water partition coefficient (Wildman–Crippen LogP) is 5.33. The summed E-state index contributed by atoms with van der Waals surface area (Å²) in [4.78, 5) is 61.7. The lowest BCUT2D eigenvalue weighted by Crippen LogP contribution is -2.52. The number of carbonyl (C=O) groups excluding carboxylic acids is 4. The monoisotopic (exact) mass is 883 g/mol. The van der Waals surface area contributed by atoms with E-state index in [4.69, 9.17) is 0 Å². The summed E-state index contributed by atoms with van der Waals surface area (Å²) in [7, 11) is -4.37. The highest BCUT2D eigenvalue weighted by Crippen LogP contribution is 2.34. The SMILES string of the molecule is O=C1CC[C@H](N2Cc3cc(CCC(O)N4CCC(c5ccc(-c6cnc7[nH]cc(C(=O)c8c(F)ccc(NS(=O)(=O)N9CC[C@@H](F)C9)c8F)c7c6)cc5)CC4)ccc3C2=O)C(=O)N1. The number of hydrogen-bond donors (Lipinski definition) is 4. The van der Waals surface area contributed by atoms with Crippen LogP contribution >= 0.6 is 0 Å². The molecule has 4 aliphatic heterocycles. The number of rotatable bonds is 12. The Morgan fingerprint density at radius 1 is 0.952 bits per heavy atom. The number of alkyl halides is 1. The zero-order valence-electron chi connectivity index (χ0n) is 34.0. The van der Waals surface area contributed by atoms with E-state index in [1.807, 2.05) is 41.1 Å². The largest absolute Gasteiger partial charge is 0.378 e. The minimum absolute atomic E-state index is 0.00473. The van der Waals surface area contributed by atoms with Gasteiger partial charge in [0.25, 0.3) is 5.91 Å². The Kier molecular flexibility index (Phi) is 11.4. The van der Waals surface area contributed by atoms with Crippen LogP contribution in [-0.2, 0) is 32.8 Å². The number of halogens is 3. The van der Waals surface area contributed by atoms with Gasteiger partial charge in [0.05, 0.1) is 11.3 Å². The maximum Gasteiger partial charge on any atom is 0.301 e. The maximum absolute atomic E-state index is 15.7. The van der Waals surface area contributed by atoms with Gasteiger partial charge in [-0.15, -0.1) is 0 Å². The van der Waals surface area contributed by atoms with Crippen LogP contribution in [0.1, 0.15) is 87.4 Å². The second kappa shape index (κ2) is 17.0. The minimum Gasteiger partial charge on any atom is -0.378 e. The molecule has 3 saturated heterocycles. The minimum atomic E-state index is -4.37. The normalized spacial score (nSPS) is 20.6. The number of fused-ring (bicyclic) bond motifs is 2. The predicted molar refractivity (Wildman–Crippen MR) is 225 cm³/mol. The Morgan fingerprint density at radius 3 is 2.46 bits per heavy atom. The van der Waals surface area contributed by atoms with Gasteiger partial charge in [-0.05, 0) is 91.0 Å². The quantitative estimate of drug-likeness (QED) is 0.0950. The molecule has 1 unspecified atom stereocenters. The van der Waals surface area contributed by atoms with Gasteiger partial charge in [-0.25, -0.2) is 18.2 Å². The summed E-state index contributed by atoms with van der Waals surface area (Å²) in [6.07, 6.45) is 4.20. The van der Waals surface area contributed by atoms with Crippen LogP contribution in [0.15, 0.2) is 73.1 Å². The first-order valence-corrected chi connectivity index (χ1v) is 22.4. The van der Waals surface area contributed by atoms with Gasteiger partial charge in [0.15, 0.2) is 5.82 Å². The third-order valence-electron chi connectivity index (χ3n) is 12.7. The molecular formula is C45H44F3N7O7S. The molecule has 0 radical (unpaired) electrons. The number of nitrogens with one attached hydrogen (secondary N) is 3. The summed E-state index contributed by atoms with van der Waals surface area (Å²) < 4.78 is 73.0. The Labute approximate surface area is 360 Å². The first kappa shape index (κ1) is 42.4. The van der Waals surface area contributed by atoms with Gasteiger partial charge in [0.2, 0.25) is 17.6 Å². The van der Waals surface area contributed by atoms with E-state index in [1.54, 1.807) is 18.3 Å². The zero-order valence-corrected chi connectivity index (χ0v) is 34.8. The van der Waals surface area contributed by atoms with Crippen LogP contribution in [0.5, 0.6) is 0 Å². The highest BCUT2D eigenvalue weighted by atomic mass is 32.2. The smallest absolute Gasteiger partial charge is 0.301 e. The number of aromatic amines is 1. The maximum atomic E-state index is 15.7. The number of aromatic nitrogens is 2. The van der Waals surface area contributed by atoms with Gasteiger partial charge in [-0.3, -0.25) is 34.1 Å². The number of likely N-dealkylation sites (tertiary alicyclic amines) is 1. The molecular weight excluding hydrogens is 840 g/mol. The van der Waals surface area contributed by atoms with Crippen molar-refractivity contribution in [3.63, 3.8) is 0 Å². The molecule has 3 fully saturated rings. The third-order valence-corrected chi connectivity index (χ3v) is 14.2. The summed E-state index contributed by atoms with van der Waals surface area (Å²) in [5.74, 6) is -4.33. The summed E-state index contributed by atoms with van der Waals surface area (Å²) in [6.45, 7) is 1.20. The number of aliphatic hydroxyl groups excluding tert-OH is 1. The van der Waals surface area contributed by atoms with Crippen LogP contribution in [0.25, 0.3) is 22.2 Å². The molecule has 0 saturated carbocycles. The molecule has 0 bridgehead atoms. The van der Waals surface area contributed by atoms with E-state index in [0.717, 1.165) is 51.5 Å². The van der Waals surface area contributed by atoms with Crippen molar-refractivity contribution in [3.05, 3.63) is 118 Å². The molecule has 9 rings (SSSR count). The van der Waals surface area contributed by atoms with E-state index in [-0.39, 0.29) is 42.7 Å². The second-order valence-corrected chi connectivity index (χ2v) is 18.3. The Bertz CT molecular complexity index is 2760. The molecule has 2 aromatic heterocycles. The lowest BCUT2D eigenvalue weighted by Gasteiger charge is -2.35. The standard InChI is InChI=1S/C45H44F3N7O7S/c46-31-15-18-54(24-31)63(61,62)52-36-9-8-35(47)40(41(36)48)42(58)34-22-50-43-33(34)20-29(21-49-43)27-5-3-26(4-6-27)28-13-16-53(17-14-28)39(57)12-2-25-1-7-32-30(19-25)23-55(45(32)60)37-10-11-38(56)51-44(37)59/h1,3-9,19-22,28,31,37,39,52,57H,2,10-18,23-24H2,(H,49,50)(H,51,56,59)/t31-,37+,39?/m1/s1. The second-order valence-electron chi connectivity index (χ2n) is 16.6. The fourth-order valence-electron chi connectivity index (χ4n) is 9.17. The number of aryl methyl sites for hydroxylation is 1. The highest BCUT2D eigenvalue weighted by molar-refractivity contribution is 7.90. The van der Waals surface area contributed by atoms with E-state index in [0.29, 0.717) is 61.1 Å². The highest BCUT2D eigenvalue weighted by Gasteiger charge is 2.39. The number of nitrogens with zero attached hydrogens (tertiary/aromatic N) is 4. The molecule has 6 heterocycles. The zero-order chi connectivity index (χ0) is 44.2. The van der Waals surface area contributed by atoms with Gasteiger partial charge in [-0.1, -0.05) is 36.4 Å². The first-order chi connectivity index (χ1) is 30.2. The van der Waals surface area contributed by atoms with Crippen LogP contribution in [0, 0.1) is 11.6 Å². The number of carbonyl (C=O) groups is 4. The number of benzene rings is 3.